The largest absolute Gasteiger partial charge is 0.334 e. The highest BCUT2D eigenvalue weighted by Gasteiger charge is 2.23. The van der Waals surface area contributed by atoms with Gasteiger partial charge in [-0.05, 0) is 60.4 Å². The maximum Gasteiger partial charge on any atom is 0.317 e. The number of hydrogen-bond acceptors (Lipinski definition) is 3. The molecule has 0 spiro atoms. The number of H-pyrrole nitrogens is 1. The van der Waals surface area contributed by atoms with Gasteiger partial charge in [-0.15, -0.1) is 0 Å². The van der Waals surface area contributed by atoms with E-state index in [2.05, 4.69) is 16.6 Å². The summed E-state index contributed by atoms with van der Waals surface area (Å²) in [5.74, 6) is 1.20. The number of halogens is 1. The lowest BCUT2D eigenvalue weighted by molar-refractivity contribution is 0.170. The van der Waals surface area contributed by atoms with Crippen molar-refractivity contribution in [2.24, 2.45) is 5.92 Å². The Balaban J connectivity index is 1.65. The highest BCUT2D eigenvalue weighted by atomic mass is 32.2. The average molecular weight is 363 g/mol. The third-order valence-electron chi connectivity index (χ3n) is 4.52. The van der Waals surface area contributed by atoms with Crippen molar-refractivity contribution in [1.82, 2.24) is 15.2 Å². The van der Waals surface area contributed by atoms with E-state index in [9.17, 15) is 14.0 Å². The Morgan fingerprint density at radius 1 is 1.44 bits per heavy atom. The second-order valence-corrected chi connectivity index (χ2v) is 7.33. The molecular formula is C18H22FN3O2S. The van der Waals surface area contributed by atoms with Crippen molar-refractivity contribution >= 4 is 28.7 Å². The second kappa shape index (κ2) is 7.91. The van der Waals surface area contributed by atoms with Crippen LogP contribution in [0.1, 0.15) is 18.4 Å². The average Bonchev–Trinajstić information content (AvgIpc) is 2.60. The third-order valence-corrected chi connectivity index (χ3v) is 5.33. The lowest BCUT2D eigenvalue weighted by Gasteiger charge is -2.32. The molecule has 2 amide bonds. The van der Waals surface area contributed by atoms with Gasteiger partial charge in [0.1, 0.15) is 5.82 Å². The van der Waals surface area contributed by atoms with Crippen molar-refractivity contribution in [3.63, 3.8) is 0 Å². The number of urea groups is 1. The van der Waals surface area contributed by atoms with E-state index < -0.39 is 5.82 Å². The molecule has 2 aromatic rings. The van der Waals surface area contributed by atoms with Gasteiger partial charge in [0.2, 0.25) is 0 Å². The molecule has 0 bridgehead atoms. The predicted molar refractivity (Wildman–Crippen MR) is 99.4 cm³/mol. The molecule has 2 heterocycles. The highest BCUT2D eigenvalue weighted by Crippen LogP contribution is 2.19. The molecule has 1 saturated heterocycles. The first-order valence-corrected chi connectivity index (χ1v) is 9.79. The standard InChI is InChI=1S/C18H22FN3O2S/c1-25-11-12-3-2-6-22(10-12)18(24)20-9-14-7-13-4-5-15(19)8-16(13)21-17(14)23/h4-5,7-8,12H,2-3,6,9-11H2,1H3,(H,20,24)(H,21,23)/t12-/m1/s1. The Hall–Kier alpha value is -2.02. The zero-order valence-corrected chi connectivity index (χ0v) is 15.0. The van der Waals surface area contributed by atoms with Gasteiger partial charge in [0, 0.05) is 25.2 Å². The summed E-state index contributed by atoms with van der Waals surface area (Å²) in [7, 11) is 0. The van der Waals surface area contributed by atoms with E-state index in [0.29, 0.717) is 17.0 Å². The summed E-state index contributed by atoms with van der Waals surface area (Å²) in [6.45, 7) is 1.68. The summed E-state index contributed by atoms with van der Waals surface area (Å²) in [6, 6.07) is 5.82. The van der Waals surface area contributed by atoms with Crippen LogP contribution < -0.4 is 10.9 Å². The molecule has 134 valence electrons. The summed E-state index contributed by atoms with van der Waals surface area (Å²) < 4.78 is 13.2. The number of nitrogens with zero attached hydrogens (tertiary/aromatic N) is 1. The number of aromatic amines is 1. The van der Waals surface area contributed by atoms with E-state index in [4.69, 9.17) is 0 Å². The van der Waals surface area contributed by atoms with Crippen LogP contribution in [0.4, 0.5) is 9.18 Å². The number of thioether (sulfide) groups is 1. The first kappa shape index (κ1) is 17.8. The van der Waals surface area contributed by atoms with E-state index in [0.717, 1.165) is 37.1 Å². The van der Waals surface area contributed by atoms with Crippen LogP contribution in [0.2, 0.25) is 0 Å². The Bertz CT molecular complexity index is 822. The Morgan fingerprint density at radius 2 is 2.28 bits per heavy atom. The number of piperidine rings is 1. The van der Waals surface area contributed by atoms with Gasteiger partial charge in [-0.3, -0.25) is 4.79 Å². The molecule has 0 aliphatic carbocycles. The molecule has 7 heteroatoms. The smallest absolute Gasteiger partial charge is 0.317 e. The number of aromatic nitrogens is 1. The van der Waals surface area contributed by atoms with Crippen molar-refractivity contribution in [1.29, 1.82) is 0 Å². The molecule has 1 aliphatic rings. The van der Waals surface area contributed by atoms with Crippen molar-refractivity contribution in [3.05, 3.63) is 46.0 Å². The first-order valence-electron chi connectivity index (χ1n) is 8.40. The van der Waals surface area contributed by atoms with Crippen LogP contribution >= 0.6 is 11.8 Å². The summed E-state index contributed by atoms with van der Waals surface area (Å²) in [4.78, 5) is 29.0. The van der Waals surface area contributed by atoms with Crippen LogP contribution in [-0.4, -0.2) is 41.0 Å². The SMILES string of the molecule is CSC[C@@H]1CCCN(C(=O)NCc2cc3ccc(F)cc3[nH]c2=O)C1. The number of benzene rings is 1. The maximum absolute atomic E-state index is 13.2. The van der Waals surface area contributed by atoms with Crippen molar-refractivity contribution < 1.29 is 9.18 Å². The van der Waals surface area contributed by atoms with Crippen molar-refractivity contribution in [2.75, 3.05) is 25.1 Å². The van der Waals surface area contributed by atoms with E-state index in [1.807, 2.05) is 4.90 Å². The van der Waals surface area contributed by atoms with Gasteiger partial charge >= 0.3 is 6.03 Å². The van der Waals surface area contributed by atoms with E-state index in [1.165, 1.54) is 12.1 Å². The van der Waals surface area contributed by atoms with Crippen molar-refractivity contribution in [2.45, 2.75) is 19.4 Å². The molecule has 1 aromatic heterocycles. The quantitative estimate of drug-likeness (QED) is 0.878. The van der Waals surface area contributed by atoms with Crippen molar-refractivity contribution in [3.8, 4) is 0 Å². The fourth-order valence-electron chi connectivity index (χ4n) is 3.25. The van der Waals surface area contributed by atoms with Crippen LogP contribution in [0.5, 0.6) is 0 Å². The Morgan fingerprint density at radius 3 is 3.08 bits per heavy atom. The van der Waals surface area contributed by atoms with Crippen LogP contribution in [-0.2, 0) is 6.54 Å². The minimum Gasteiger partial charge on any atom is -0.334 e. The van der Waals surface area contributed by atoms with Gasteiger partial charge in [-0.2, -0.15) is 11.8 Å². The lowest BCUT2D eigenvalue weighted by atomic mass is 10.0. The minimum absolute atomic E-state index is 0.135. The van der Waals surface area contributed by atoms with E-state index in [-0.39, 0.29) is 18.1 Å². The fourth-order valence-corrected chi connectivity index (χ4v) is 4.00. The zero-order valence-electron chi connectivity index (χ0n) is 14.2. The number of nitrogens with one attached hydrogen (secondary N) is 2. The summed E-state index contributed by atoms with van der Waals surface area (Å²) >= 11 is 1.81. The summed E-state index contributed by atoms with van der Waals surface area (Å²) in [6.07, 6.45) is 4.25. The number of pyridine rings is 1. The zero-order chi connectivity index (χ0) is 17.8. The van der Waals surface area contributed by atoms with Gasteiger partial charge < -0.3 is 15.2 Å². The molecule has 0 radical (unpaired) electrons. The van der Waals surface area contributed by atoms with Gasteiger partial charge in [0.15, 0.2) is 0 Å². The molecule has 2 N–H and O–H groups in total. The molecule has 5 nitrogen and oxygen atoms in total. The number of likely N-dealkylation sites (tertiary alicyclic amines) is 1. The molecule has 1 aromatic carbocycles. The van der Waals surface area contributed by atoms with Gasteiger partial charge in [-0.1, -0.05) is 0 Å². The van der Waals surface area contributed by atoms with E-state index in [1.54, 1.807) is 23.9 Å². The summed E-state index contributed by atoms with van der Waals surface area (Å²) in [5.41, 5.74) is 0.610. The molecule has 0 saturated carbocycles. The number of hydrogen-bond donors (Lipinski definition) is 2. The van der Waals surface area contributed by atoms with Crippen LogP contribution in [0.3, 0.4) is 0 Å². The van der Waals surface area contributed by atoms with Gasteiger partial charge in [0.05, 0.1) is 5.52 Å². The van der Waals surface area contributed by atoms with Gasteiger partial charge in [-0.25, -0.2) is 9.18 Å². The molecular weight excluding hydrogens is 341 g/mol. The number of rotatable bonds is 4. The monoisotopic (exact) mass is 363 g/mol. The molecule has 25 heavy (non-hydrogen) atoms. The predicted octanol–water partition coefficient (Wildman–Crippen LogP) is 2.95. The molecule has 1 aliphatic heterocycles. The normalized spacial score (nSPS) is 17.7. The lowest BCUT2D eigenvalue weighted by Crippen LogP contribution is -2.46. The number of amides is 2. The number of carbonyl (C=O) groups excluding carboxylic acids is 1. The molecule has 0 unspecified atom stereocenters. The molecule has 3 rings (SSSR count). The first-order chi connectivity index (χ1) is 12.1. The Labute approximate surface area is 150 Å². The minimum atomic E-state index is -0.394. The van der Waals surface area contributed by atoms with E-state index >= 15 is 0 Å². The fraction of sp³-hybridized carbons (Fsp3) is 0.444. The summed E-state index contributed by atoms with van der Waals surface area (Å²) in [5, 5.41) is 3.57. The molecule has 1 fully saturated rings. The topological polar surface area (TPSA) is 65.2 Å². The highest BCUT2D eigenvalue weighted by molar-refractivity contribution is 7.98. The Kier molecular flexibility index (Phi) is 5.63. The van der Waals surface area contributed by atoms with Gasteiger partial charge in [0.25, 0.3) is 5.56 Å². The number of carbonyl (C=O) groups is 1. The van der Waals surface area contributed by atoms with Crippen LogP contribution in [0.15, 0.2) is 29.1 Å². The maximum atomic E-state index is 13.2. The second-order valence-electron chi connectivity index (χ2n) is 6.42. The molecule has 1 atom stereocenters. The van der Waals surface area contributed by atoms with Crippen LogP contribution in [0, 0.1) is 11.7 Å². The van der Waals surface area contributed by atoms with Crippen LogP contribution in [0.25, 0.3) is 10.9 Å². The third kappa shape index (κ3) is 4.34. The number of fused-ring (bicyclic) bond motifs is 1.